The molecular formula is C11H16BrNO4. The maximum absolute atomic E-state index is 12.0. The van der Waals surface area contributed by atoms with Crippen LogP contribution in [0, 0.1) is 5.92 Å². The van der Waals surface area contributed by atoms with Gasteiger partial charge in [0.25, 0.3) is 0 Å². The number of carbonyl (C=O) groups is 2. The molecular weight excluding hydrogens is 290 g/mol. The van der Waals surface area contributed by atoms with Crippen molar-refractivity contribution in [1.29, 1.82) is 0 Å². The molecule has 0 aromatic carbocycles. The van der Waals surface area contributed by atoms with Gasteiger partial charge in [0.05, 0.1) is 0 Å². The number of rotatable bonds is 3. The zero-order valence-electron chi connectivity index (χ0n) is 9.52. The lowest BCUT2D eigenvalue weighted by molar-refractivity contribution is -0.163. The molecule has 2 heterocycles. The summed E-state index contributed by atoms with van der Waals surface area (Å²) in [7, 11) is 0. The third kappa shape index (κ3) is 2.20. The van der Waals surface area contributed by atoms with Crippen molar-refractivity contribution in [2.45, 2.75) is 24.8 Å². The molecule has 2 aliphatic rings. The molecule has 0 saturated carbocycles. The predicted molar refractivity (Wildman–Crippen MR) is 64.0 cm³/mol. The zero-order chi connectivity index (χ0) is 12.5. The molecule has 2 saturated heterocycles. The molecule has 0 aliphatic carbocycles. The van der Waals surface area contributed by atoms with Gasteiger partial charge < -0.3 is 14.7 Å². The van der Waals surface area contributed by atoms with Crippen LogP contribution in [-0.4, -0.2) is 52.5 Å². The molecule has 0 aromatic heterocycles. The highest BCUT2D eigenvalue weighted by Gasteiger charge is 2.50. The van der Waals surface area contributed by atoms with Crippen molar-refractivity contribution >= 4 is 27.8 Å². The normalized spacial score (nSPS) is 28.4. The number of carbonyl (C=O) groups excluding carboxylic acids is 1. The summed E-state index contributed by atoms with van der Waals surface area (Å²) >= 11 is 3.36. The van der Waals surface area contributed by atoms with Gasteiger partial charge in [-0.05, 0) is 5.92 Å². The Hall–Kier alpha value is -0.620. The molecule has 0 aromatic rings. The number of halogens is 1. The number of nitrogens with zero attached hydrogens (tertiary/aromatic N) is 1. The van der Waals surface area contributed by atoms with E-state index in [0.717, 1.165) is 5.33 Å². The Morgan fingerprint density at radius 2 is 2.18 bits per heavy atom. The quantitative estimate of drug-likeness (QED) is 0.786. The van der Waals surface area contributed by atoms with Gasteiger partial charge in [-0.3, -0.25) is 4.79 Å². The van der Waals surface area contributed by atoms with Gasteiger partial charge in [0.2, 0.25) is 5.91 Å². The lowest BCUT2D eigenvalue weighted by Gasteiger charge is -2.40. The smallest absolute Gasteiger partial charge is 0.329 e. The fraction of sp³-hybridized carbons (Fsp3) is 0.818. The van der Waals surface area contributed by atoms with Gasteiger partial charge in [-0.1, -0.05) is 15.9 Å². The van der Waals surface area contributed by atoms with Crippen molar-refractivity contribution < 1.29 is 19.4 Å². The van der Waals surface area contributed by atoms with Gasteiger partial charge >= 0.3 is 5.97 Å². The van der Waals surface area contributed by atoms with Gasteiger partial charge in [-0.2, -0.15) is 0 Å². The first-order valence-corrected chi connectivity index (χ1v) is 6.90. The molecule has 17 heavy (non-hydrogen) atoms. The summed E-state index contributed by atoms with van der Waals surface area (Å²) < 4.78 is 5.21. The minimum absolute atomic E-state index is 0.0428. The number of aliphatic carboxylic acids is 1. The van der Waals surface area contributed by atoms with E-state index in [4.69, 9.17) is 4.74 Å². The van der Waals surface area contributed by atoms with Crippen molar-refractivity contribution in [1.82, 2.24) is 4.90 Å². The van der Waals surface area contributed by atoms with Gasteiger partial charge in [0, 0.05) is 44.4 Å². The number of likely N-dealkylation sites (tertiary alicyclic amines) is 1. The molecule has 0 bridgehead atoms. The third-order valence-electron chi connectivity index (χ3n) is 3.66. The fourth-order valence-electron chi connectivity index (χ4n) is 2.61. The summed E-state index contributed by atoms with van der Waals surface area (Å²) in [5.74, 6) is -0.718. The van der Waals surface area contributed by atoms with Gasteiger partial charge in [-0.15, -0.1) is 0 Å². The van der Waals surface area contributed by atoms with Crippen LogP contribution in [0.4, 0.5) is 0 Å². The SMILES string of the molecule is O=C1CC(CBr)CN1C1(C(=O)O)CCOCC1. The first-order valence-electron chi connectivity index (χ1n) is 5.78. The third-order valence-corrected chi connectivity index (χ3v) is 4.57. The largest absolute Gasteiger partial charge is 0.479 e. The molecule has 0 spiro atoms. The molecule has 2 rings (SSSR count). The first kappa shape index (κ1) is 12.8. The van der Waals surface area contributed by atoms with Crippen LogP contribution in [0.5, 0.6) is 0 Å². The van der Waals surface area contributed by atoms with E-state index >= 15 is 0 Å². The molecule has 2 aliphatic heterocycles. The molecule has 1 amide bonds. The predicted octanol–water partition coefficient (Wildman–Crippen LogP) is 0.864. The van der Waals surface area contributed by atoms with Crippen molar-refractivity contribution in [3.8, 4) is 0 Å². The van der Waals surface area contributed by atoms with Crippen LogP contribution in [0.25, 0.3) is 0 Å². The van der Waals surface area contributed by atoms with E-state index in [9.17, 15) is 14.7 Å². The van der Waals surface area contributed by atoms with E-state index in [2.05, 4.69) is 15.9 Å². The van der Waals surface area contributed by atoms with Crippen LogP contribution in [-0.2, 0) is 14.3 Å². The van der Waals surface area contributed by atoms with Crippen molar-refractivity contribution in [2.24, 2.45) is 5.92 Å². The van der Waals surface area contributed by atoms with Crippen LogP contribution < -0.4 is 0 Å². The molecule has 2 fully saturated rings. The second kappa shape index (κ2) is 4.94. The molecule has 0 radical (unpaired) electrons. The number of amides is 1. The fourth-order valence-corrected chi connectivity index (χ4v) is 3.04. The maximum Gasteiger partial charge on any atom is 0.329 e. The number of alkyl halides is 1. The molecule has 96 valence electrons. The highest BCUT2D eigenvalue weighted by Crippen LogP contribution is 2.34. The Labute approximate surface area is 108 Å². The van der Waals surface area contributed by atoms with E-state index in [1.165, 1.54) is 0 Å². The Balaban J connectivity index is 2.22. The lowest BCUT2D eigenvalue weighted by atomic mass is 9.88. The molecule has 1 N–H and O–H groups in total. The standard InChI is InChI=1S/C11H16BrNO4/c12-6-8-5-9(14)13(7-8)11(10(15)16)1-3-17-4-2-11/h8H,1-7H2,(H,15,16). The van der Waals surface area contributed by atoms with E-state index in [-0.39, 0.29) is 11.8 Å². The second-order valence-electron chi connectivity index (χ2n) is 4.68. The van der Waals surface area contributed by atoms with E-state index in [0.29, 0.717) is 39.0 Å². The Morgan fingerprint density at radius 3 is 2.65 bits per heavy atom. The Kier molecular flexibility index (Phi) is 3.73. The number of hydrogen-bond donors (Lipinski definition) is 1. The van der Waals surface area contributed by atoms with Crippen molar-refractivity contribution in [3.05, 3.63) is 0 Å². The monoisotopic (exact) mass is 305 g/mol. The summed E-state index contributed by atoms with van der Waals surface area (Å²) in [6.45, 7) is 1.36. The Bertz CT molecular complexity index is 327. The van der Waals surface area contributed by atoms with Crippen LogP contribution in [0.15, 0.2) is 0 Å². The van der Waals surface area contributed by atoms with Crippen molar-refractivity contribution in [2.75, 3.05) is 25.1 Å². The number of hydrogen-bond acceptors (Lipinski definition) is 3. The van der Waals surface area contributed by atoms with Crippen LogP contribution in [0.2, 0.25) is 0 Å². The van der Waals surface area contributed by atoms with Crippen LogP contribution >= 0.6 is 15.9 Å². The molecule has 1 unspecified atom stereocenters. The van der Waals surface area contributed by atoms with Crippen LogP contribution in [0.1, 0.15) is 19.3 Å². The number of carboxylic acid groups (broad SMARTS) is 1. The average molecular weight is 306 g/mol. The van der Waals surface area contributed by atoms with Gasteiger partial charge in [0.1, 0.15) is 5.54 Å². The van der Waals surface area contributed by atoms with E-state index in [1.54, 1.807) is 4.90 Å². The van der Waals surface area contributed by atoms with E-state index < -0.39 is 11.5 Å². The Morgan fingerprint density at radius 1 is 1.53 bits per heavy atom. The highest BCUT2D eigenvalue weighted by atomic mass is 79.9. The number of carboxylic acids is 1. The van der Waals surface area contributed by atoms with Gasteiger partial charge in [0.15, 0.2) is 0 Å². The van der Waals surface area contributed by atoms with Crippen molar-refractivity contribution in [3.63, 3.8) is 0 Å². The number of ether oxygens (including phenoxy) is 1. The molecule has 5 nitrogen and oxygen atoms in total. The molecule has 1 atom stereocenters. The highest BCUT2D eigenvalue weighted by molar-refractivity contribution is 9.09. The van der Waals surface area contributed by atoms with Gasteiger partial charge in [-0.25, -0.2) is 4.79 Å². The summed E-state index contributed by atoms with van der Waals surface area (Å²) in [6.07, 6.45) is 1.23. The maximum atomic E-state index is 12.0. The average Bonchev–Trinajstić information content (AvgIpc) is 2.71. The van der Waals surface area contributed by atoms with E-state index in [1.807, 2.05) is 0 Å². The second-order valence-corrected chi connectivity index (χ2v) is 5.33. The minimum Gasteiger partial charge on any atom is -0.479 e. The topological polar surface area (TPSA) is 66.8 Å². The lowest BCUT2D eigenvalue weighted by Crippen LogP contribution is -2.58. The molecule has 6 heteroatoms. The summed E-state index contributed by atoms with van der Waals surface area (Å²) in [4.78, 5) is 25.1. The summed E-state index contributed by atoms with van der Waals surface area (Å²) in [5, 5.41) is 10.2. The first-order chi connectivity index (χ1) is 8.10. The summed E-state index contributed by atoms with van der Waals surface area (Å²) in [5.41, 5.74) is -1.04. The van der Waals surface area contributed by atoms with Crippen LogP contribution in [0.3, 0.4) is 0 Å². The zero-order valence-corrected chi connectivity index (χ0v) is 11.1. The summed E-state index contributed by atoms with van der Waals surface area (Å²) in [6, 6.07) is 0. The minimum atomic E-state index is -1.04.